The molecular weight excluding hydrogens is 350 g/mol. The first-order chi connectivity index (χ1) is 13.0. The minimum absolute atomic E-state index is 0.0640. The van der Waals surface area contributed by atoms with Crippen LogP contribution in [-0.4, -0.2) is 66.0 Å². The van der Waals surface area contributed by atoms with Gasteiger partial charge in [0.25, 0.3) is 5.91 Å². The normalized spacial score (nSPS) is 21.9. The van der Waals surface area contributed by atoms with Crippen molar-refractivity contribution in [3.05, 3.63) is 24.2 Å². The summed E-state index contributed by atoms with van der Waals surface area (Å²) in [5.41, 5.74) is 0. The first-order valence-corrected chi connectivity index (χ1v) is 9.55. The van der Waals surface area contributed by atoms with E-state index in [1.807, 2.05) is 4.90 Å². The number of piperidine rings is 1. The third-order valence-corrected chi connectivity index (χ3v) is 5.60. The maximum atomic E-state index is 12.4. The number of nitrogens with zero attached hydrogens (tertiary/aromatic N) is 2. The van der Waals surface area contributed by atoms with Crippen LogP contribution >= 0.6 is 0 Å². The standard InChI is InChI=1S/C19H27N3O5/c1-3-13(2)15-12-27-19(25)22(15)14-6-8-21(9-7-14)17(23)11-20-18(24)16-5-4-10-26-16/h4-5,10,13-15H,3,6-9,11-12H2,1-2H3,(H,20,24). The Morgan fingerprint density at radius 3 is 2.70 bits per heavy atom. The SMILES string of the molecule is CCC(C)C1COC(=O)N1C1CCN(C(=O)CNC(=O)c2ccco2)CC1. The second kappa shape index (κ2) is 8.45. The van der Waals surface area contributed by atoms with Crippen molar-refractivity contribution in [3.8, 4) is 0 Å². The van der Waals surface area contributed by atoms with Crippen molar-refractivity contribution in [2.24, 2.45) is 5.92 Å². The van der Waals surface area contributed by atoms with Gasteiger partial charge >= 0.3 is 6.09 Å². The average molecular weight is 377 g/mol. The molecule has 0 spiro atoms. The molecule has 0 aliphatic carbocycles. The molecule has 0 aromatic carbocycles. The lowest BCUT2D eigenvalue weighted by Gasteiger charge is -2.39. The summed E-state index contributed by atoms with van der Waals surface area (Å²) in [4.78, 5) is 40.0. The predicted octanol–water partition coefficient (Wildman–Crippen LogP) is 1.87. The van der Waals surface area contributed by atoms with Gasteiger partial charge in [0.2, 0.25) is 5.91 Å². The van der Waals surface area contributed by atoms with Gasteiger partial charge < -0.3 is 19.4 Å². The van der Waals surface area contributed by atoms with E-state index < -0.39 is 5.91 Å². The van der Waals surface area contributed by atoms with E-state index in [4.69, 9.17) is 9.15 Å². The predicted molar refractivity (Wildman–Crippen MR) is 97.1 cm³/mol. The molecule has 27 heavy (non-hydrogen) atoms. The maximum absolute atomic E-state index is 12.4. The molecule has 1 aromatic heterocycles. The van der Waals surface area contributed by atoms with E-state index in [-0.39, 0.29) is 36.4 Å². The van der Waals surface area contributed by atoms with E-state index in [9.17, 15) is 14.4 Å². The van der Waals surface area contributed by atoms with Crippen LogP contribution in [0.15, 0.2) is 22.8 Å². The van der Waals surface area contributed by atoms with Gasteiger partial charge in [-0.3, -0.25) is 14.5 Å². The van der Waals surface area contributed by atoms with Crippen LogP contribution in [0.3, 0.4) is 0 Å². The fourth-order valence-electron chi connectivity index (χ4n) is 3.73. The minimum Gasteiger partial charge on any atom is -0.459 e. The highest BCUT2D eigenvalue weighted by Crippen LogP contribution is 2.28. The molecule has 0 saturated carbocycles. The number of furan rings is 1. The van der Waals surface area contributed by atoms with E-state index in [1.165, 1.54) is 6.26 Å². The highest BCUT2D eigenvalue weighted by atomic mass is 16.6. The van der Waals surface area contributed by atoms with Gasteiger partial charge in [-0.25, -0.2) is 4.79 Å². The Bertz CT molecular complexity index is 667. The topological polar surface area (TPSA) is 92.1 Å². The van der Waals surface area contributed by atoms with Crippen LogP contribution in [0.25, 0.3) is 0 Å². The number of cyclic esters (lactones) is 1. The summed E-state index contributed by atoms with van der Waals surface area (Å²) in [7, 11) is 0. The second-order valence-electron chi connectivity index (χ2n) is 7.21. The van der Waals surface area contributed by atoms with Gasteiger partial charge in [-0.05, 0) is 30.9 Å². The fraction of sp³-hybridized carbons (Fsp3) is 0.632. The number of rotatable bonds is 6. The molecule has 2 atom stereocenters. The van der Waals surface area contributed by atoms with Crippen molar-refractivity contribution in [1.82, 2.24) is 15.1 Å². The zero-order valence-electron chi connectivity index (χ0n) is 15.8. The molecule has 1 aromatic rings. The van der Waals surface area contributed by atoms with Crippen LogP contribution in [0.2, 0.25) is 0 Å². The molecule has 2 aliphatic heterocycles. The van der Waals surface area contributed by atoms with Gasteiger partial charge in [0.15, 0.2) is 5.76 Å². The van der Waals surface area contributed by atoms with Crippen molar-refractivity contribution >= 4 is 17.9 Å². The number of carbonyl (C=O) groups is 3. The summed E-state index contributed by atoms with van der Waals surface area (Å²) >= 11 is 0. The Labute approximate surface area is 158 Å². The van der Waals surface area contributed by atoms with Gasteiger partial charge in [-0.1, -0.05) is 20.3 Å². The van der Waals surface area contributed by atoms with Crippen molar-refractivity contribution < 1.29 is 23.5 Å². The van der Waals surface area contributed by atoms with Crippen LogP contribution in [0.4, 0.5) is 4.79 Å². The van der Waals surface area contributed by atoms with E-state index >= 15 is 0 Å². The zero-order chi connectivity index (χ0) is 19.4. The number of likely N-dealkylation sites (tertiary alicyclic amines) is 1. The smallest absolute Gasteiger partial charge is 0.410 e. The summed E-state index contributed by atoms with van der Waals surface area (Å²) in [6, 6.07) is 3.38. The molecule has 8 nitrogen and oxygen atoms in total. The number of nitrogens with one attached hydrogen (secondary N) is 1. The molecular formula is C19H27N3O5. The average Bonchev–Trinajstić information content (AvgIpc) is 3.35. The van der Waals surface area contributed by atoms with Crippen LogP contribution in [0.1, 0.15) is 43.7 Å². The first kappa shape index (κ1) is 19.3. The fourth-order valence-corrected chi connectivity index (χ4v) is 3.73. The first-order valence-electron chi connectivity index (χ1n) is 9.55. The monoisotopic (exact) mass is 377 g/mol. The van der Waals surface area contributed by atoms with Crippen molar-refractivity contribution in [1.29, 1.82) is 0 Å². The van der Waals surface area contributed by atoms with Crippen LogP contribution < -0.4 is 5.32 Å². The van der Waals surface area contributed by atoms with Crippen LogP contribution in [0.5, 0.6) is 0 Å². The van der Waals surface area contributed by atoms with Gasteiger partial charge in [0.1, 0.15) is 6.61 Å². The Morgan fingerprint density at radius 2 is 2.07 bits per heavy atom. The number of carbonyl (C=O) groups excluding carboxylic acids is 3. The summed E-state index contributed by atoms with van der Waals surface area (Å²) in [6.07, 6.45) is 3.61. The summed E-state index contributed by atoms with van der Waals surface area (Å²) in [6.45, 7) is 5.77. The molecule has 0 radical (unpaired) electrons. The Balaban J connectivity index is 1.48. The molecule has 3 rings (SSSR count). The molecule has 1 N–H and O–H groups in total. The van der Waals surface area contributed by atoms with Crippen molar-refractivity contribution in [2.45, 2.75) is 45.2 Å². The van der Waals surface area contributed by atoms with Gasteiger partial charge in [0.05, 0.1) is 18.8 Å². The molecule has 2 aliphatic rings. The quantitative estimate of drug-likeness (QED) is 0.817. The van der Waals surface area contributed by atoms with Crippen LogP contribution in [-0.2, 0) is 9.53 Å². The highest BCUT2D eigenvalue weighted by Gasteiger charge is 2.41. The molecule has 3 amide bonds. The Hall–Kier alpha value is -2.51. The second-order valence-corrected chi connectivity index (χ2v) is 7.21. The number of hydrogen-bond acceptors (Lipinski definition) is 5. The Morgan fingerprint density at radius 1 is 1.33 bits per heavy atom. The van der Waals surface area contributed by atoms with E-state index in [0.29, 0.717) is 25.6 Å². The third-order valence-electron chi connectivity index (χ3n) is 5.60. The molecule has 0 bridgehead atoms. The molecule has 3 heterocycles. The van der Waals surface area contributed by atoms with Crippen LogP contribution in [0, 0.1) is 5.92 Å². The zero-order valence-corrected chi connectivity index (χ0v) is 15.8. The third kappa shape index (κ3) is 4.26. The van der Waals surface area contributed by atoms with Crippen molar-refractivity contribution in [3.63, 3.8) is 0 Å². The van der Waals surface area contributed by atoms with E-state index in [2.05, 4.69) is 19.2 Å². The molecule has 2 saturated heterocycles. The van der Waals surface area contributed by atoms with Gasteiger partial charge in [0, 0.05) is 19.1 Å². The lowest BCUT2D eigenvalue weighted by Crippen LogP contribution is -2.52. The number of amides is 3. The molecule has 148 valence electrons. The number of hydrogen-bond donors (Lipinski definition) is 1. The highest BCUT2D eigenvalue weighted by molar-refractivity contribution is 5.94. The van der Waals surface area contributed by atoms with Gasteiger partial charge in [-0.2, -0.15) is 0 Å². The molecule has 8 heteroatoms. The summed E-state index contributed by atoms with van der Waals surface area (Å²) in [5.74, 6) is 0.0355. The maximum Gasteiger partial charge on any atom is 0.410 e. The van der Waals surface area contributed by atoms with E-state index in [0.717, 1.165) is 19.3 Å². The molecule has 2 fully saturated rings. The van der Waals surface area contributed by atoms with Crippen molar-refractivity contribution in [2.75, 3.05) is 26.2 Å². The minimum atomic E-state index is -0.403. The molecule has 2 unspecified atom stereocenters. The van der Waals surface area contributed by atoms with E-state index in [1.54, 1.807) is 17.0 Å². The lowest BCUT2D eigenvalue weighted by atomic mass is 9.95. The lowest BCUT2D eigenvalue weighted by molar-refractivity contribution is -0.131. The number of ether oxygens (including phenoxy) is 1. The summed E-state index contributed by atoms with van der Waals surface area (Å²) in [5, 5.41) is 2.58. The summed E-state index contributed by atoms with van der Waals surface area (Å²) < 4.78 is 10.3. The Kier molecular flexibility index (Phi) is 6.03. The largest absolute Gasteiger partial charge is 0.459 e. The van der Waals surface area contributed by atoms with Gasteiger partial charge in [-0.15, -0.1) is 0 Å².